The van der Waals surface area contributed by atoms with E-state index in [-0.39, 0.29) is 30.9 Å². The Bertz CT molecular complexity index is 2050. The number of carboxylic acid groups (broad SMARTS) is 1. The van der Waals surface area contributed by atoms with Crippen molar-refractivity contribution in [3.63, 3.8) is 0 Å². The van der Waals surface area contributed by atoms with Crippen molar-refractivity contribution in [2.45, 2.75) is 55.6 Å². The number of benzene rings is 4. The second kappa shape index (κ2) is 18.5. The highest BCUT2D eigenvalue weighted by Crippen LogP contribution is 2.40. The number of rotatable bonds is 14. The molecule has 5 aromatic rings. The average molecular weight is 748 g/mol. The van der Waals surface area contributed by atoms with E-state index in [2.05, 4.69) is 15.6 Å². The summed E-state index contributed by atoms with van der Waals surface area (Å²) in [4.78, 5) is 41.4. The summed E-state index contributed by atoms with van der Waals surface area (Å²) in [5.74, 6) is -1.11. The Morgan fingerprint density at radius 3 is 2.33 bits per heavy atom. The molecule has 1 aliphatic rings. The first-order chi connectivity index (χ1) is 26.3. The quantitative estimate of drug-likeness (QED) is 0.0699. The van der Waals surface area contributed by atoms with Crippen molar-refractivity contribution in [1.82, 2.24) is 15.6 Å². The molecule has 0 radical (unpaired) electrons. The van der Waals surface area contributed by atoms with Crippen LogP contribution in [0.15, 0.2) is 126 Å². The Hall–Kier alpha value is -5.53. The summed E-state index contributed by atoms with van der Waals surface area (Å²) in [7, 11) is 1.29. The van der Waals surface area contributed by atoms with Gasteiger partial charge in [0, 0.05) is 36.9 Å². The molecular weight excluding hydrogens is 707 g/mol. The number of amides is 2. The smallest absolute Gasteiger partial charge is 0.338 e. The largest absolute Gasteiger partial charge is 0.478 e. The lowest BCUT2D eigenvalue weighted by Gasteiger charge is -2.36. The number of hydrogen-bond acceptors (Lipinski definition) is 9. The first kappa shape index (κ1) is 38.2. The molecule has 4 aromatic carbocycles. The normalized spacial score (nSPS) is 17.3. The van der Waals surface area contributed by atoms with Crippen LogP contribution in [-0.4, -0.2) is 58.2 Å². The van der Waals surface area contributed by atoms with E-state index in [4.69, 9.17) is 14.2 Å². The number of thioether (sulfide) groups is 1. The molecule has 2 amide bonds. The fourth-order valence-electron chi connectivity index (χ4n) is 6.17. The van der Waals surface area contributed by atoms with Gasteiger partial charge in [0.25, 0.3) is 0 Å². The second-order valence-electron chi connectivity index (χ2n) is 12.7. The molecule has 2 heterocycles. The van der Waals surface area contributed by atoms with Gasteiger partial charge in [-0.15, -0.1) is 11.8 Å². The fraction of sp³-hybridized carbons (Fsp3) is 0.238. The molecule has 11 nitrogen and oxygen atoms in total. The van der Waals surface area contributed by atoms with E-state index in [1.54, 1.807) is 12.3 Å². The topological polar surface area (TPSA) is 156 Å². The lowest BCUT2D eigenvalue weighted by Crippen LogP contribution is -2.47. The van der Waals surface area contributed by atoms with Gasteiger partial charge in [-0.2, -0.15) is 0 Å². The third-order valence-electron chi connectivity index (χ3n) is 8.97. The van der Waals surface area contributed by atoms with Crippen LogP contribution in [0, 0.1) is 0 Å². The Labute approximate surface area is 317 Å². The number of esters is 1. The van der Waals surface area contributed by atoms with E-state index >= 15 is 0 Å². The molecule has 1 saturated heterocycles. The molecule has 1 fully saturated rings. The van der Waals surface area contributed by atoms with Gasteiger partial charge in [0.05, 0.1) is 31.5 Å². The molecule has 1 aromatic heterocycles. The van der Waals surface area contributed by atoms with Crippen molar-refractivity contribution in [3.8, 4) is 11.1 Å². The summed E-state index contributed by atoms with van der Waals surface area (Å²) in [6.07, 6.45) is 1.07. The molecule has 1 aliphatic heterocycles. The predicted molar refractivity (Wildman–Crippen MR) is 204 cm³/mol. The number of aromatic nitrogens is 1. The van der Waals surface area contributed by atoms with Gasteiger partial charge in [-0.3, -0.25) is 0 Å². The molecule has 12 heteroatoms. The van der Waals surface area contributed by atoms with Crippen molar-refractivity contribution in [2.75, 3.05) is 12.9 Å². The van der Waals surface area contributed by atoms with Gasteiger partial charge in [-0.25, -0.2) is 19.4 Å². The number of hydrogen-bond donors (Lipinski definition) is 4. The van der Waals surface area contributed by atoms with Crippen molar-refractivity contribution >= 4 is 29.7 Å². The van der Waals surface area contributed by atoms with Crippen LogP contribution in [0.4, 0.5) is 4.79 Å². The Morgan fingerprint density at radius 1 is 0.852 bits per heavy atom. The minimum Gasteiger partial charge on any atom is -0.478 e. The fourth-order valence-corrected chi connectivity index (χ4v) is 7.17. The zero-order chi connectivity index (χ0) is 37.9. The summed E-state index contributed by atoms with van der Waals surface area (Å²) in [5, 5.41) is 25.2. The first-order valence-corrected chi connectivity index (χ1v) is 18.4. The lowest BCUT2D eigenvalue weighted by atomic mass is 9.99. The number of urea groups is 1. The van der Waals surface area contributed by atoms with Gasteiger partial charge in [0.2, 0.25) is 0 Å². The summed E-state index contributed by atoms with van der Waals surface area (Å²) in [6.45, 7) is 0.165. The Kier molecular flexibility index (Phi) is 13.1. The highest BCUT2D eigenvalue weighted by molar-refractivity contribution is 7.99. The van der Waals surface area contributed by atoms with Crippen molar-refractivity contribution < 1.29 is 38.8 Å². The van der Waals surface area contributed by atoms with Gasteiger partial charge in [-0.05, 0) is 57.6 Å². The molecule has 4 unspecified atom stereocenters. The monoisotopic (exact) mass is 747 g/mol. The average Bonchev–Trinajstić information content (AvgIpc) is 3.22. The van der Waals surface area contributed by atoms with Crippen LogP contribution < -0.4 is 10.6 Å². The van der Waals surface area contributed by atoms with Crippen molar-refractivity contribution in [2.24, 2.45) is 0 Å². The van der Waals surface area contributed by atoms with E-state index in [1.807, 2.05) is 103 Å². The summed E-state index contributed by atoms with van der Waals surface area (Å²) in [5.41, 5.74) is 6.27. The van der Waals surface area contributed by atoms with Gasteiger partial charge < -0.3 is 35.1 Å². The molecule has 0 saturated carbocycles. The number of carbonyl (C=O) groups excluding carboxylic acids is 2. The summed E-state index contributed by atoms with van der Waals surface area (Å²) in [6, 6.07) is 34.5. The number of pyridine rings is 1. The van der Waals surface area contributed by atoms with Crippen molar-refractivity contribution in [1.29, 1.82) is 0 Å². The molecular formula is C42H41N3O8S. The summed E-state index contributed by atoms with van der Waals surface area (Å²) < 4.78 is 18.0. The number of aliphatic hydroxyl groups is 1. The molecule has 4 atom stereocenters. The zero-order valence-electron chi connectivity index (χ0n) is 29.6. The SMILES string of the molecule is COC(=O)C(Cc1ccccc1)NC(=O)NCc1cccc(-c2cccc(C3OC(CSc4ncccc4C(=O)O)CC(c4ccc(CO)cc4)O3)c2)c1. The van der Waals surface area contributed by atoms with E-state index in [0.29, 0.717) is 23.6 Å². The van der Waals surface area contributed by atoms with Crippen molar-refractivity contribution in [3.05, 3.63) is 155 Å². The number of methoxy groups -OCH3 is 1. The Balaban J connectivity index is 1.15. The molecule has 0 spiro atoms. The number of ether oxygens (including phenoxy) is 3. The third-order valence-corrected chi connectivity index (χ3v) is 10.1. The third kappa shape index (κ3) is 10.1. The molecule has 278 valence electrons. The van der Waals surface area contributed by atoms with Gasteiger partial charge in [0.1, 0.15) is 11.1 Å². The van der Waals surface area contributed by atoms with Crippen LogP contribution in [0.3, 0.4) is 0 Å². The number of carboxylic acids is 1. The highest BCUT2D eigenvalue weighted by atomic mass is 32.2. The van der Waals surface area contributed by atoms with E-state index in [9.17, 15) is 24.6 Å². The minimum atomic E-state index is -1.04. The predicted octanol–water partition coefficient (Wildman–Crippen LogP) is 6.86. The zero-order valence-corrected chi connectivity index (χ0v) is 30.4. The maximum atomic E-state index is 12.9. The van der Waals surface area contributed by atoms with Crippen LogP contribution in [0.2, 0.25) is 0 Å². The van der Waals surface area contributed by atoms with E-state index in [1.165, 1.54) is 24.9 Å². The van der Waals surface area contributed by atoms with Crippen LogP contribution in [0.1, 0.15) is 57.0 Å². The van der Waals surface area contributed by atoms with Gasteiger partial charge >= 0.3 is 18.0 Å². The number of aliphatic hydroxyl groups excluding tert-OH is 1. The molecule has 0 bridgehead atoms. The standard InChI is InChI=1S/C42H41N3O8S/c1-51-40(49)36(21-27-8-3-2-4-9-27)45-42(50)44-24-29-10-5-11-31(20-29)32-12-6-13-33(22-32)41-52-34(26-54-38-35(39(47)48)14-7-19-43-38)23-37(53-41)30-17-15-28(25-46)16-18-30/h2-20,22,34,36-37,41,46H,21,23-26H2,1H3,(H,47,48)(H2,44,45,50). The number of carbonyl (C=O) groups is 3. The summed E-state index contributed by atoms with van der Waals surface area (Å²) >= 11 is 1.33. The molecule has 0 aliphatic carbocycles. The van der Waals surface area contributed by atoms with Gasteiger partial charge in [0.15, 0.2) is 6.29 Å². The molecule has 6 rings (SSSR count). The van der Waals surface area contributed by atoms with E-state index < -0.39 is 30.3 Å². The van der Waals surface area contributed by atoms with Crippen LogP contribution in [0.5, 0.6) is 0 Å². The van der Waals surface area contributed by atoms with Crippen LogP contribution in [0.25, 0.3) is 11.1 Å². The van der Waals surface area contributed by atoms with Gasteiger partial charge in [-0.1, -0.05) is 91.0 Å². The Morgan fingerprint density at radius 2 is 1.59 bits per heavy atom. The van der Waals surface area contributed by atoms with Crippen LogP contribution >= 0.6 is 11.8 Å². The van der Waals surface area contributed by atoms with Crippen LogP contribution in [-0.2, 0) is 38.6 Å². The highest BCUT2D eigenvalue weighted by Gasteiger charge is 2.33. The number of nitrogens with zero attached hydrogens (tertiary/aromatic N) is 1. The lowest BCUT2D eigenvalue weighted by molar-refractivity contribution is -0.245. The minimum absolute atomic E-state index is 0.0609. The maximum Gasteiger partial charge on any atom is 0.338 e. The number of nitrogens with one attached hydrogen (secondary N) is 2. The second-order valence-corrected chi connectivity index (χ2v) is 13.7. The number of aromatic carboxylic acids is 1. The molecule has 54 heavy (non-hydrogen) atoms. The molecule has 4 N–H and O–H groups in total. The maximum absolute atomic E-state index is 12.9. The first-order valence-electron chi connectivity index (χ1n) is 17.5. The van der Waals surface area contributed by atoms with E-state index in [0.717, 1.165) is 38.9 Å².